The third kappa shape index (κ3) is 2.83. The zero-order valence-electron chi connectivity index (χ0n) is 12.3. The molecule has 0 radical (unpaired) electrons. The van der Waals surface area contributed by atoms with Crippen molar-refractivity contribution in [1.29, 1.82) is 0 Å². The molecular formula is C18H19Cl2N. The normalized spacial score (nSPS) is 24.3. The summed E-state index contributed by atoms with van der Waals surface area (Å²) in [7, 11) is 4.25. The fourth-order valence-corrected chi connectivity index (χ4v) is 3.94. The first kappa shape index (κ1) is 14.9. The number of benzene rings is 2. The first-order valence-corrected chi connectivity index (χ1v) is 7.95. The molecule has 0 saturated heterocycles. The fraction of sp³-hybridized carbons (Fsp3) is 0.333. The third-order valence-electron chi connectivity index (χ3n) is 4.36. The van der Waals surface area contributed by atoms with Crippen molar-refractivity contribution < 1.29 is 0 Å². The van der Waals surface area contributed by atoms with Crippen molar-refractivity contribution in [1.82, 2.24) is 4.90 Å². The SMILES string of the molecule is CN(C)CC1CC1(c1ccccc1)c1cc(Cl)cc(Cl)c1. The van der Waals surface area contributed by atoms with Crippen molar-refractivity contribution >= 4 is 23.2 Å². The van der Waals surface area contributed by atoms with Crippen LogP contribution in [0.3, 0.4) is 0 Å². The first-order valence-electron chi connectivity index (χ1n) is 7.19. The summed E-state index contributed by atoms with van der Waals surface area (Å²) in [5.41, 5.74) is 2.65. The van der Waals surface area contributed by atoms with Crippen LogP contribution in [-0.2, 0) is 5.41 Å². The van der Waals surface area contributed by atoms with E-state index in [1.54, 1.807) is 6.07 Å². The molecule has 1 nitrogen and oxygen atoms in total. The van der Waals surface area contributed by atoms with Gasteiger partial charge in [0.1, 0.15) is 0 Å². The summed E-state index contributed by atoms with van der Waals surface area (Å²) in [6.07, 6.45) is 1.14. The number of rotatable bonds is 4. The predicted octanol–water partition coefficient (Wildman–Crippen LogP) is 4.86. The molecule has 0 N–H and O–H groups in total. The van der Waals surface area contributed by atoms with Crippen molar-refractivity contribution in [2.45, 2.75) is 11.8 Å². The van der Waals surface area contributed by atoms with Gasteiger partial charge >= 0.3 is 0 Å². The average Bonchev–Trinajstić information content (AvgIpc) is 3.13. The predicted molar refractivity (Wildman–Crippen MR) is 90.3 cm³/mol. The fourth-order valence-electron chi connectivity index (χ4n) is 3.41. The van der Waals surface area contributed by atoms with Crippen LogP contribution < -0.4 is 0 Å². The minimum absolute atomic E-state index is 0.0556. The van der Waals surface area contributed by atoms with Crippen LogP contribution in [-0.4, -0.2) is 25.5 Å². The highest BCUT2D eigenvalue weighted by molar-refractivity contribution is 6.34. The van der Waals surface area contributed by atoms with E-state index in [9.17, 15) is 0 Å². The quantitative estimate of drug-likeness (QED) is 0.777. The van der Waals surface area contributed by atoms with Gasteiger partial charge in [-0.2, -0.15) is 0 Å². The van der Waals surface area contributed by atoms with Gasteiger partial charge in [0.15, 0.2) is 0 Å². The van der Waals surface area contributed by atoms with Crippen molar-refractivity contribution in [3.63, 3.8) is 0 Å². The van der Waals surface area contributed by atoms with Crippen LogP contribution in [0.2, 0.25) is 10.0 Å². The van der Waals surface area contributed by atoms with Gasteiger partial charge in [0.05, 0.1) is 0 Å². The van der Waals surface area contributed by atoms with E-state index in [1.807, 2.05) is 0 Å². The van der Waals surface area contributed by atoms with Crippen LogP contribution in [0.4, 0.5) is 0 Å². The van der Waals surface area contributed by atoms with Crippen molar-refractivity contribution in [3.8, 4) is 0 Å². The monoisotopic (exact) mass is 319 g/mol. The van der Waals surface area contributed by atoms with Gasteiger partial charge in [-0.3, -0.25) is 0 Å². The molecule has 1 aliphatic rings. The van der Waals surface area contributed by atoms with Crippen molar-refractivity contribution in [2.24, 2.45) is 5.92 Å². The summed E-state index contributed by atoms with van der Waals surface area (Å²) >= 11 is 12.5. The minimum Gasteiger partial charge on any atom is -0.309 e. The van der Waals surface area contributed by atoms with Crippen LogP contribution in [0.15, 0.2) is 48.5 Å². The Kier molecular flexibility index (Phi) is 4.00. The highest BCUT2D eigenvalue weighted by atomic mass is 35.5. The number of hydrogen-bond donors (Lipinski definition) is 0. The van der Waals surface area contributed by atoms with Crippen molar-refractivity contribution in [3.05, 3.63) is 69.7 Å². The Bertz CT molecular complexity index is 619. The Hall–Kier alpha value is -1.02. The van der Waals surface area contributed by atoms with E-state index in [0.29, 0.717) is 16.0 Å². The molecular weight excluding hydrogens is 301 g/mol. The van der Waals surface area contributed by atoms with Crippen molar-refractivity contribution in [2.75, 3.05) is 20.6 Å². The lowest BCUT2D eigenvalue weighted by Gasteiger charge is -2.21. The zero-order valence-corrected chi connectivity index (χ0v) is 13.8. The van der Waals surface area contributed by atoms with Crippen LogP contribution in [0.5, 0.6) is 0 Å². The summed E-state index contributed by atoms with van der Waals surface area (Å²) in [6, 6.07) is 16.6. The second kappa shape index (κ2) is 5.64. The van der Waals surface area contributed by atoms with Gasteiger partial charge in [-0.15, -0.1) is 0 Å². The summed E-state index contributed by atoms with van der Waals surface area (Å²) in [4.78, 5) is 2.25. The molecule has 0 spiro atoms. The molecule has 2 aromatic rings. The van der Waals surface area contributed by atoms with Gasteiger partial charge in [-0.05, 0) is 55.8 Å². The summed E-state index contributed by atoms with van der Waals surface area (Å²) in [6.45, 7) is 1.07. The Morgan fingerprint density at radius 2 is 1.62 bits per heavy atom. The average molecular weight is 320 g/mol. The molecule has 1 fully saturated rings. The molecule has 0 amide bonds. The van der Waals surface area contributed by atoms with Gasteiger partial charge in [0.2, 0.25) is 0 Å². The van der Waals surface area contributed by atoms with Crippen LogP contribution in [0.1, 0.15) is 17.5 Å². The van der Waals surface area contributed by atoms with E-state index < -0.39 is 0 Å². The lowest BCUT2D eigenvalue weighted by Crippen LogP contribution is -2.21. The van der Waals surface area contributed by atoms with E-state index in [-0.39, 0.29) is 5.41 Å². The number of nitrogens with zero attached hydrogens (tertiary/aromatic N) is 1. The molecule has 2 aromatic carbocycles. The molecule has 0 aromatic heterocycles. The molecule has 0 heterocycles. The zero-order chi connectivity index (χ0) is 15.0. The highest BCUT2D eigenvalue weighted by Crippen LogP contribution is 2.59. The molecule has 1 saturated carbocycles. The Balaban J connectivity index is 2.06. The van der Waals surface area contributed by atoms with Gasteiger partial charge < -0.3 is 4.90 Å². The molecule has 110 valence electrons. The summed E-state index contributed by atoms with van der Waals surface area (Å²) in [5, 5.41) is 1.42. The largest absolute Gasteiger partial charge is 0.309 e. The van der Waals surface area contributed by atoms with E-state index in [2.05, 4.69) is 61.5 Å². The Labute approximate surface area is 136 Å². The number of hydrogen-bond acceptors (Lipinski definition) is 1. The van der Waals surface area contributed by atoms with Gasteiger partial charge in [0.25, 0.3) is 0 Å². The van der Waals surface area contributed by atoms with Crippen LogP contribution >= 0.6 is 23.2 Å². The first-order chi connectivity index (χ1) is 10.0. The van der Waals surface area contributed by atoms with Gasteiger partial charge in [-0.25, -0.2) is 0 Å². The minimum atomic E-state index is 0.0556. The topological polar surface area (TPSA) is 3.24 Å². The Morgan fingerprint density at radius 1 is 1.00 bits per heavy atom. The highest BCUT2D eigenvalue weighted by Gasteiger charge is 2.56. The third-order valence-corrected chi connectivity index (χ3v) is 4.79. The smallest absolute Gasteiger partial charge is 0.0423 e. The molecule has 3 rings (SSSR count). The summed E-state index contributed by atoms with van der Waals surface area (Å²) in [5.74, 6) is 0.601. The lowest BCUT2D eigenvalue weighted by molar-refractivity contribution is 0.377. The standard InChI is InChI=1S/C18H19Cl2N/c1-21(2)12-15-11-18(15,13-6-4-3-5-7-13)14-8-16(19)10-17(20)9-14/h3-10,15H,11-12H2,1-2H3. The maximum atomic E-state index is 6.23. The second-order valence-electron chi connectivity index (χ2n) is 6.16. The van der Waals surface area contributed by atoms with Gasteiger partial charge in [0, 0.05) is 22.0 Å². The molecule has 2 atom stereocenters. The molecule has 1 aliphatic carbocycles. The lowest BCUT2D eigenvalue weighted by atomic mass is 9.85. The second-order valence-corrected chi connectivity index (χ2v) is 7.03. The van der Waals surface area contributed by atoms with E-state index in [4.69, 9.17) is 23.2 Å². The van der Waals surface area contributed by atoms with E-state index in [1.165, 1.54) is 11.1 Å². The maximum Gasteiger partial charge on any atom is 0.0423 e. The molecule has 0 bridgehead atoms. The molecule has 2 unspecified atom stereocenters. The maximum absolute atomic E-state index is 6.23. The molecule has 21 heavy (non-hydrogen) atoms. The molecule has 0 aliphatic heterocycles. The number of halogens is 2. The van der Waals surface area contributed by atoms with Crippen LogP contribution in [0.25, 0.3) is 0 Å². The van der Waals surface area contributed by atoms with Gasteiger partial charge in [-0.1, -0.05) is 53.5 Å². The van der Waals surface area contributed by atoms with E-state index in [0.717, 1.165) is 13.0 Å². The molecule has 3 heteroatoms. The van der Waals surface area contributed by atoms with E-state index >= 15 is 0 Å². The summed E-state index contributed by atoms with van der Waals surface area (Å²) < 4.78 is 0. The Morgan fingerprint density at radius 3 is 2.19 bits per heavy atom. The van der Waals surface area contributed by atoms with Crippen LogP contribution in [0, 0.1) is 5.92 Å².